The van der Waals surface area contributed by atoms with Crippen molar-refractivity contribution in [2.24, 2.45) is 7.05 Å². The second kappa shape index (κ2) is 5.47. The zero-order valence-corrected chi connectivity index (χ0v) is 13.3. The maximum atomic E-state index is 12.3. The van der Waals surface area contributed by atoms with Gasteiger partial charge in [0.05, 0.1) is 22.8 Å². The standard InChI is InChI=1S/C14H14BrClN2O/c1-8-6-10(15)4-5-11(8)13(19)7-12-14(16)9(2)17-18(12)3/h4-6H,7H2,1-3H3. The number of rotatable bonds is 3. The number of hydrogen-bond acceptors (Lipinski definition) is 2. The molecule has 5 heteroatoms. The highest BCUT2D eigenvalue weighted by molar-refractivity contribution is 9.10. The van der Waals surface area contributed by atoms with Crippen LogP contribution in [-0.2, 0) is 13.5 Å². The summed E-state index contributed by atoms with van der Waals surface area (Å²) >= 11 is 9.56. The van der Waals surface area contributed by atoms with Crippen LogP contribution in [0.4, 0.5) is 0 Å². The smallest absolute Gasteiger partial charge is 0.169 e. The summed E-state index contributed by atoms with van der Waals surface area (Å²) in [4.78, 5) is 12.3. The van der Waals surface area contributed by atoms with Crippen molar-refractivity contribution >= 4 is 33.3 Å². The Morgan fingerprint density at radius 2 is 2.11 bits per heavy atom. The van der Waals surface area contributed by atoms with Crippen LogP contribution in [0.2, 0.25) is 5.02 Å². The van der Waals surface area contributed by atoms with E-state index in [0.29, 0.717) is 5.02 Å². The first kappa shape index (κ1) is 14.3. The van der Waals surface area contributed by atoms with Crippen LogP contribution < -0.4 is 0 Å². The molecule has 0 bridgehead atoms. The minimum atomic E-state index is 0.0508. The minimum Gasteiger partial charge on any atom is -0.294 e. The van der Waals surface area contributed by atoms with Gasteiger partial charge in [-0.1, -0.05) is 33.6 Å². The summed E-state index contributed by atoms with van der Waals surface area (Å²) in [5.74, 6) is 0.0508. The topological polar surface area (TPSA) is 34.9 Å². The lowest BCUT2D eigenvalue weighted by Crippen LogP contribution is -2.09. The number of aromatic nitrogens is 2. The summed E-state index contributed by atoms with van der Waals surface area (Å²) in [7, 11) is 1.80. The summed E-state index contributed by atoms with van der Waals surface area (Å²) in [6.07, 6.45) is 0.263. The molecule has 0 amide bonds. The predicted octanol–water partition coefficient (Wildman–Crippen LogP) is 3.88. The van der Waals surface area contributed by atoms with E-state index in [1.54, 1.807) is 11.7 Å². The maximum Gasteiger partial charge on any atom is 0.169 e. The Morgan fingerprint density at radius 3 is 2.63 bits per heavy atom. The van der Waals surface area contributed by atoms with Crippen molar-refractivity contribution < 1.29 is 4.79 Å². The maximum absolute atomic E-state index is 12.3. The molecule has 1 heterocycles. The average Bonchev–Trinajstić information content (AvgIpc) is 2.56. The van der Waals surface area contributed by atoms with Crippen molar-refractivity contribution in [3.8, 4) is 0 Å². The van der Waals surface area contributed by atoms with Crippen molar-refractivity contribution in [2.75, 3.05) is 0 Å². The predicted molar refractivity (Wildman–Crippen MR) is 79.9 cm³/mol. The SMILES string of the molecule is Cc1cc(Br)ccc1C(=O)Cc1c(Cl)c(C)nn1C. The zero-order chi connectivity index (χ0) is 14.2. The monoisotopic (exact) mass is 340 g/mol. The molecular weight excluding hydrogens is 328 g/mol. The fourth-order valence-electron chi connectivity index (χ4n) is 2.06. The molecule has 2 rings (SSSR count). The molecule has 0 unspecified atom stereocenters. The van der Waals surface area contributed by atoms with Gasteiger partial charge in [-0.3, -0.25) is 9.48 Å². The number of benzene rings is 1. The van der Waals surface area contributed by atoms with Crippen LogP contribution in [0.1, 0.15) is 27.3 Å². The van der Waals surface area contributed by atoms with Gasteiger partial charge in [0.15, 0.2) is 5.78 Å². The van der Waals surface area contributed by atoms with Crippen LogP contribution in [0.25, 0.3) is 0 Å². The molecule has 0 radical (unpaired) electrons. The molecule has 3 nitrogen and oxygen atoms in total. The lowest BCUT2D eigenvalue weighted by Gasteiger charge is -2.06. The van der Waals surface area contributed by atoms with Gasteiger partial charge in [-0.05, 0) is 31.5 Å². The quantitative estimate of drug-likeness (QED) is 0.794. The van der Waals surface area contributed by atoms with Gasteiger partial charge in [0.2, 0.25) is 0 Å². The van der Waals surface area contributed by atoms with E-state index in [2.05, 4.69) is 21.0 Å². The van der Waals surface area contributed by atoms with E-state index >= 15 is 0 Å². The lowest BCUT2D eigenvalue weighted by atomic mass is 10.0. The van der Waals surface area contributed by atoms with Crippen LogP contribution in [-0.4, -0.2) is 15.6 Å². The number of ketones is 1. The summed E-state index contributed by atoms with van der Waals surface area (Å²) in [5, 5.41) is 4.79. The highest BCUT2D eigenvalue weighted by Crippen LogP contribution is 2.22. The second-order valence-electron chi connectivity index (χ2n) is 4.53. The lowest BCUT2D eigenvalue weighted by molar-refractivity contribution is 0.0990. The molecule has 0 saturated heterocycles. The Morgan fingerprint density at radius 1 is 1.42 bits per heavy atom. The number of nitrogens with zero attached hydrogens (tertiary/aromatic N) is 2. The van der Waals surface area contributed by atoms with Gasteiger partial charge >= 0.3 is 0 Å². The Balaban J connectivity index is 2.31. The molecular formula is C14H14BrClN2O. The van der Waals surface area contributed by atoms with E-state index in [1.807, 2.05) is 32.0 Å². The Hall–Kier alpha value is -1.13. The number of hydrogen-bond donors (Lipinski definition) is 0. The average molecular weight is 342 g/mol. The molecule has 100 valence electrons. The third kappa shape index (κ3) is 2.90. The van der Waals surface area contributed by atoms with Gasteiger partial charge < -0.3 is 0 Å². The first-order chi connectivity index (χ1) is 8.90. The van der Waals surface area contributed by atoms with Crippen LogP contribution in [0.15, 0.2) is 22.7 Å². The van der Waals surface area contributed by atoms with Gasteiger partial charge in [0, 0.05) is 17.1 Å². The highest BCUT2D eigenvalue weighted by atomic mass is 79.9. The van der Waals surface area contributed by atoms with Crippen LogP contribution >= 0.6 is 27.5 Å². The van der Waals surface area contributed by atoms with Gasteiger partial charge in [0.1, 0.15) is 0 Å². The fraction of sp³-hybridized carbons (Fsp3) is 0.286. The first-order valence-electron chi connectivity index (χ1n) is 5.87. The molecule has 0 atom stereocenters. The summed E-state index contributed by atoms with van der Waals surface area (Å²) in [5.41, 5.74) is 3.18. The zero-order valence-electron chi connectivity index (χ0n) is 11.0. The van der Waals surface area contributed by atoms with Gasteiger partial charge in [-0.2, -0.15) is 5.10 Å². The molecule has 0 spiro atoms. The summed E-state index contributed by atoms with van der Waals surface area (Å²) in [6.45, 7) is 3.76. The van der Waals surface area contributed by atoms with E-state index in [4.69, 9.17) is 11.6 Å². The van der Waals surface area contributed by atoms with Crippen molar-refractivity contribution in [1.29, 1.82) is 0 Å². The molecule has 0 aliphatic heterocycles. The van der Waals surface area contributed by atoms with Crippen molar-refractivity contribution in [3.05, 3.63) is 50.2 Å². The van der Waals surface area contributed by atoms with E-state index in [0.717, 1.165) is 27.0 Å². The molecule has 2 aromatic rings. The van der Waals surface area contributed by atoms with Crippen molar-refractivity contribution in [1.82, 2.24) is 9.78 Å². The number of aryl methyl sites for hydroxylation is 3. The van der Waals surface area contributed by atoms with Crippen LogP contribution in [0.3, 0.4) is 0 Å². The largest absolute Gasteiger partial charge is 0.294 e. The number of carbonyl (C=O) groups is 1. The van der Waals surface area contributed by atoms with Crippen LogP contribution in [0, 0.1) is 13.8 Å². The molecule has 19 heavy (non-hydrogen) atoms. The van der Waals surface area contributed by atoms with E-state index in [9.17, 15) is 4.79 Å². The van der Waals surface area contributed by atoms with Crippen molar-refractivity contribution in [2.45, 2.75) is 20.3 Å². The van der Waals surface area contributed by atoms with Crippen LogP contribution in [0.5, 0.6) is 0 Å². The van der Waals surface area contributed by atoms with E-state index in [-0.39, 0.29) is 12.2 Å². The van der Waals surface area contributed by atoms with Gasteiger partial charge in [-0.25, -0.2) is 0 Å². The van der Waals surface area contributed by atoms with E-state index < -0.39 is 0 Å². The highest BCUT2D eigenvalue weighted by Gasteiger charge is 2.17. The third-order valence-corrected chi connectivity index (χ3v) is 4.06. The number of Topliss-reactive ketones (excluding diaryl/α,β-unsaturated/α-hetero) is 1. The minimum absolute atomic E-state index is 0.0508. The molecule has 0 saturated carbocycles. The number of carbonyl (C=O) groups excluding carboxylic acids is 1. The van der Waals surface area contributed by atoms with Crippen molar-refractivity contribution in [3.63, 3.8) is 0 Å². The normalized spacial score (nSPS) is 10.8. The molecule has 0 aliphatic carbocycles. The molecule has 0 fully saturated rings. The number of halogens is 2. The molecule has 1 aromatic carbocycles. The fourth-order valence-corrected chi connectivity index (χ4v) is 2.76. The first-order valence-corrected chi connectivity index (χ1v) is 7.04. The second-order valence-corrected chi connectivity index (χ2v) is 5.82. The van der Waals surface area contributed by atoms with Gasteiger partial charge in [-0.15, -0.1) is 0 Å². The Kier molecular flexibility index (Phi) is 4.11. The Bertz CT molecular complexity index is 649. The molecule has 0 N–H and O–H groups in total. The Labute approximate surface area is 125 Å². The van der Waals surface area contributed by atoms with Gasteiger partial charge in [0.25, 0.3) is 0 Å². The molecule has 1 aromatic heterocycles. The summed E-state index contributed by atoms with van der Waals surface area (Å²) < 4.78 is 2.64. The van der Waals surface area contributed by atoms with E-state index in [1.165, 1.54) is 0 Å². The summed E-state index contributed by atoms with van der Waals surface area (Å²) in [6, 6.07) is 5.64. The third-order valence-electron chi connectivity index (χ3n) is 3.08. The molecule has 0 aliphatic rings.